The van der Waals surface area contributed by atoms with Crippen LogP contribution in [0.2, 0.25) is 5.02 Å². The van der Waals surface area contributed by atoms with Crippen molar-refractivity contribution in [2.24, 2.45) is 0 Å². The van der Waals surface area contributed by atoms with Crippen molar-refractivity contribution in [1.29, 1.82) is 0 Å². The molecule has 3 atom stereocenters. The van der Waals surface area contributed by atoms with Crippen LogP contribution in [0, 0.1) is 0 Å². The summed E-state index contributed by atoms with van der Waals surface area (Å²) < 4.78 is 7.45. The molecule has 0 aliphatic carbocycles. The fourth-order valence-corrected chi connectivity index (χ4v) is 5.11. The molecule has 1 aromatic carbocycles. The van der Waals surface area contributed by atoms with Crippen LogP contribution >= 0.6 is 22.9 Å². The third-order valence-corrected chi connectivity index (χ3v) is 6.24. The first-order chi connectivity index (χ1) is 13.0. The lowest BCUT2D eigenvalue weighted by atomic mass is 10.0. The number of fused-ring (bicyclic) bond motifs is 1. The lowest BCUT2D eigenvalue weighted by molar-refractivity contribution is -0.0764. The van der Waals surface area contributed by atoms with Gasteiger partial charge >= 0.3 is 0 Å². The lowest BCUT2D eigenvalue weighted by Gasteiger charge is -2.40. The number of nitrogens with zero attached hydrogens (tertiary/aromatic N) is 4. The van der Waals surface area contributed by atoms with Crippen LogP contribution in [-0.2, 0) is 11.2 Å². The van der Waals surface area contributed by atoms with Crippen LogP contribution in [0.25, 0.3) is 4.96 Å². The molecule has 144 valence electrons. The molecular weight excluding hydrogens is 384 g/mol. The molecule has 1 N–H and O–H groups in total. The third-order valence-electron chi connectivity index (χ3n) is 4.82. The standard InChI is InChI=1S/C19H23ClN4O2S/c1-4-15-21-19-24(22-15)18(25)17(27-19)16(13-7-5-6-8-14(13)20)23-9-11(2)26-12(3)10-23/h5-8,11-12,16,25H,4,9-10H2,1-3H3/t11-,12+,16-/m1/s1. The number of aromatic hydroxyl groups is 1. The molecule has 27 heavy (non-hydrogen) atoms. The Morgan fingerprint density at radius 2 is 2.00 bits per heavy atom. The highest BCUT2D eigenvalue weighted by Crippen LogP contribution is 2.42. The Bertz CT molecular complexity index is 946. The highest BCUT2D eigenvalue weighted by Gasteiger charge is 2.35. The van der Waals surface area contributed by atoms with Gasteiger partial charge in [0.1, 0.15) is 0 Å². The first-order valence-corrected chi connectivity index (χ1v) is 10.4. The maximum Gasteiger partial charge on any atom is 0.230 e. The number of morpholine rings is 1. The second-order valence-electron chi connectivity index (χ2n) is 7.00. The minimum Gasteiger partial charge on any atom is -0.492 e. The average molecular weight is 407 g/mol. The second kappa shape index (κ2) is 7.39. The number of rotatable bonds is 4. The Labute approximate surface area is 167 Å². The zero-order valence-corrected chi connectivity index (χ0v) is 17.2. The molecule has 1 aliphatic heterocycles. The van der Waals surface area contributed by atoms with Crippen molar-refractivity contribution in [2.75, 3.05) is 13.1 Å². The minimum absolute atomic E-state index is 0.106. The van der Waals surface area contributed by atoms with E-state index in [9.17, 15) is 5.11 Å². The normalized spacial score (nSPS) is 22.4. The maximum atomic E-state index is 11.0. The molecule has 2 aromatic heterocycles. The van der Waals surface area contributed by atoms with Crippen LogP contribution in [0.1, 0.15) is 43.1 Å². The van der Waals surface area contributed by atoms with Crippen LogP contribution in [0.15, 0.2) is 24.3 Å². The number of aromatic nitrogens is 3. The molecule has 1 aliphatic rings. The summed E-state index contributed by atoms with van der Waals surface area (Å²) in [4.78, 5) is 8.35. The monoisotopic (exact) mass is 406 g/mol. The number of benzene rings is 1. The number of hydrogen-bond acceptors (Lipinski definition) is 6. The van der Waals surface area contributed by atoms with Crippen LogP contribution in [-0.4, -0.2) is 49.9 Å². The SMILES string of the molecule is CCc1nc2sc([C@@H](c3ccccc3Cl)N3C[C@@H](C)O[C@@H](C)C3)c(O)n2n1. The van der Waals surface area contributed by atoms with E-state index in [0.717, 1.165) is 35.8 Å². The summed E-state index contributed by atoms with van der Waals surface area (Å²) in [6.07, 6.45) is 0.944. The van der Waals surface area contributed by atoms with Crippen LogP contribution in [0.5, 0.6) is 5.88 Å². The molecule has 0 spiro atoms. The van der Waals surface area contributed by atoms with Crippen LogP contribution in [0.4, 0.5) is 0 Å². The Balaban J connectivity index is 1.84. The van der Waals surface area contributed by atoms with E-state index in [0.29, 0.717) is 9.98 Å². The molecule has 1 fully saturated rings. The molecule has 0 bridgehead atoms. The zero-order chi connectivity index (χ0) is 19.1. The molecule has 8 heteroatoms. The molecule has 3 heterocycles. The Morgan fingerprint density at radius 1 is 1.30 bits per heavy atom. The van der Waals surface area contributed by atoms with Gasteiger partial charge in [0.25, 0.3) is 0 Å². The highest BCUT2D eigenvalue weighted by atomic mass is 35.5. The van der Waals surface area contributed by atoms with E-state index in [2.05, 4.69) is 28.8 Å². The van der Waals surface area contributed by atoms with Gasteiger partial charge in [0, 0.05) is 24.5 Å². The number of aryl methyl sites for hydroxylation is 1. The summed E-state index contributed by atoms with van der Waals surface area (Å²) in [7, 11) is 0. The van der Waals surface area contributed by atoms with E-state index in [1.165, 1.54) is 15.9 Å². The van der Waals surface area contributed by atoms with Crippen molar-refractivity contribution in [3.63, 3.8) is 0 Å². The molecule has 3 aromatic rings. The molecule has 4 rings (SSSR count). The van der Waals surface area contributed by atoms with Gasteiger partial charge in [-0.3, -0.25) is 4.90 Å². The Morgan fingerprint density at radius 3 is 2.63 bits per heavy atom. The zero-order valence-electron chi connectivity index (χ0n) is 15.6. The van der Waals surface area contributed by atoms with E-state index in [4.69, 9.17) is 16.3 Å². The van der Waals surface area contributed by atoms with E-state index in [1.807, 2.05) is 31.2 Å². The number of thiazole rings is 1. The predicted molar refractivity (Wildman–Crippen MR) is 107 cm³/mol. The van der Waals surface area contributed by atoms with Crippen molar-refractivity contribution < 1.29 is 9.84 Å². The molecule has 6 nitrogen and oxygen atoms in total. The largest absolute Gasteiger partial charge is 0.492 e. The smallest absolute Gasteiger partial charge is 0.230 e. The topological polar surface area (TPSA) is 62.9 Å². The van der Waals surface area contributed by atoms with E-state index < -0.39 is 0 Å². The van der Waals surface area contributed by atoms with Gasteiger partial charge in [-0.05, 0) is 25.5 Å². The fraction of sp³-hybridized carbons (Fsp3) is 0.474. The second-order valence-corrected chi connectivity index (χ2v) is 8.42. The van der Waals surface area contributed by atoms with Gasteiger partial charge in [-0.15, -0.1) is 5.10 Å². The first kappa shape index (κ1) is 18.7. The number of ether oxygens (including phenoxy) is 1. The van der Waals surface area contributed by atoms with Crippen molar-refractivity contribution in [2.45, 2.75) is 45.4 Å². The van der Waals surface area contributed by atoms with E-state index in [1.54, 1.807) is 0 Å². The quantitative estimate of drug-likeness (QED) is 0.711. The van der Waals surface area contributed by atoms with Gasteiger partial charge in [-0.2, -0.15) is 4.52 Å². The van der Waals surface area contributed by atoms with Crippen molar-refractivity contribution >= 4 is 27.9 Å². The predicted octanol–water partition coefficient (Wildman–Crippen LogP) is 3.91. The molecule has 0 amide bonds. The fourth-order valence-electron chi connectivity index (χ4n) is 3.75. The summed E-state index contributed by atoms with van der Waals surface area (Å²) in [6.45, 7) is 7.66. The van der Waals surface area contributed by atoms with E-state index >= 15 is 0 Å². The Hall–Kier alpha value is -1.67. The van der Waals surface area contributed by atoms with Gasteiger partial charge in [0.05, 0.1) is 23.1 Å². The summed E-state index contributed by atoms with van der Waals surface area (Å²) in [5, 5.41) is 16.1. The number of halogens is 1. The molecule has 0 saturated carbocycles. The number of hydrogen-bond donors (Lipinski definition) is 1. The summed E-state index contributed by atoms with van der Waals surface area (Å²) in [5.41, 5.74) is 0.969. The van der Waals surface area contributed by atoms with Crippen LogP contribution < -0.4 is 0 Å². The average Bonchev–Trinajstić information content (AvgIpc) is 3.16. The maximum absolute atomic E-state index is 11.0. The lowest BCUT2D eigenvalue weighted by Crippen LogP contribution is -2.47. The van der Waals surface area contributed by atoms with E-state index in [-0.39, 0.29) is 24.1 Å². The van der Waals surface area contributed by atoms with Gasteiger partial charge in [-0.25, -0.2) is 4.98 Å². The third kappa shape index (κ3) is 3.45. The summed E-state index contributed by atoms with van der Waals surface area (Å²) in [5.74, 6) is 0.866. The molecular formula is C19H23ClN4O2S. The molecule has 0 unspecified atom stereocenters. The summed E-state index contributed by atoms with van der Waals surface area (Å²) >= 11 is 8.03. The summed E-state index contributed by atoms with van der Waals surface area (Å²) in [6, 6.07) is 7.63. The highest BCUT2D eigenvalue weighted by molar-refractivity contribution is 7.17. The minimum atomic E-state index is -0.175. The van der Waals surface area contributed by atoms with Crippen molar-refractivity contribution in [1.82, 2.24) is 19.5 Å². The van der Waals surface area contributed by atoms with Crippen molar-refractivity contribution in [3.8, 4) is 5.88 Å². The Kier molecular flexibility index (Phi) is 5.11. The van der Waals surface area contributed by atoms with Crippen molar-refractivity contribution in [3.05, 3.63) is 45.6 Å². The molecule has 0 radical (unpaired) electrons. The van der Waals surface area contributed by atoms with Crippen LogP contribution in [0.3, 0.4) is 0 Å². The van der Waals surface area contributed by atoms with Gasteiger partial charge in [0.2, 0.25) is 10.8 Å². The molecule has 1 saturated heterocycles. The van der Waals surface area contributed by atoms with Gasteiger partial charge in [0.15, 0.2) is 5.82 Å². The first-order valence-electron chi connectivity index (χ1n) is 9.19. The van der Waals surface area contributed by atoms with Gasteiger partial charge < -0.3 is 9.84 Å². The van der Waals surface area contributed by atoms with Gasteiger partial charge in [-0.1, -0.05) is 48.1 Å².